The minimum atomic E-state index is 0.0110. The van der Waals surface area contributed by atoms with E-state index in [2.05, 4.69) is 10.5 Å². The Hall–Kier alpha value is -1.06. The molecular weight excluding hydrogens is 283 g/mol. The van der Waals surface area contributed by atoms with Gasteiger partial charge in [-0.1, -0.05) is 42.1 Å². The Morgan fingerprint density at radius 2 is 1.95 bits per heavy atom. The number of rotatable bonds is 3. The van der Waals surface area contributed by atoms with E-state index in [0.29, 0.717) is 15.8 Å². The molecular formula is C14H16Cl2N2O. The van der Waals surface area contributed by atoms with Crippen LogP contribution in [0.2, 0.25) is 10.0 Å². The molecule has 1 aliphatic carbocycles. The van der Waals surface area contributed by atoms with Crippen molar-refractivity contribution in [2.75, 3.05) is 0 Å². The summed E-state index contributed by atoms with van der Waals surface area (Å²) < 4.78 is 0. The SMILES string of the molecule is C/C(=N/NC(=O)C1CCCC1)c1ccc(Cl)c(Cl)c1. The van der Waals surface area contributed by atoms with Crippen molar-refractivity contribution in [2.24, 2.45) is 11.0 Å². The Bertz CT molecular complexity index is 508. The number of hydrogen-bond donors (Lipinski definition) is 1. The summed E-state index contributed by atoms with van der Waals surface area (Å²) in [5.41, 5.74) is 4.19. The number of benzene rings is 1. The molecule has 1 saturated carbocycles. The van der Waals surface area contributed by atoms with E-state index >= 15 is 0 Å². The molecule has 1 amide bonds. The first-order valence-electron chi connectivity index (χ1n) is 6.37. The molecule has 0 heterocycles. The van der Waals surface area contributed by atoms with E-state index in [-0.39, 0.29) is 11.8 Å². The number of hydrogen-bond acceptors (Lipinski definition) is 2. The Labute approximate surface area is 123 Å². The molecule has 0 radical (unpaired) electrons. The molecule has 102 valence electrons. The lowest BCUT2D eigenvalue weighted by Crippen LogP contribution is -2.25. The zero-order chi connectivity index (χ0) is 13.8. The zero-order valence-corrected chi connectivity index (χ0v) is 12.3. The fourth-order valence-electron chi connectivity index (χ4n) is 2.20. The highest BCUT2D eigenvalue weighted by Crippen LogP contribution is 2.25. The molecule has 5 heteroatoms. The van der Waals surface area contributed by atoms with Crippen LogP contribution in [0.15, 0.2) is 23.3 Å². The van der Waals surface area contributed by atoms with E-state index in [4.69, 9.17) is 23.2 Å². The van der Waals surface area contributed by atoms with Crippen LogP contribution in [0, 0.1) is 5.92 Å². The summed E-state index contributed by atoms with van der Waals surface area (Å²) >= 11 is 11.8. The minimum absolute atomic E-state index is 0.0110. The summed E-state index contributed by atoms with van der Waals surface area (Å²) in [7, 11) is 0. The van der Waals surface area contributed by atoms with Gasteiger partial charge in [-0.3, -0.25) is 4.79 Å². The highest BCUT2D eigenvalue weighted by atomic mass is 35.5. The molecule has 1 aliphatic rings. The fourth-order valence-corrected chi connectivity index (χ4v) is 2.50. The molecule has 0 aromatic heterocycles. The molecule has 19 heavy (non-hydrogen) atoms. The van der Waals surface area contributed by atoms with Crippen LogP contribution >= 0.6 is 23.2 Å². The second-order valence-electron chi connectivity index (χ2n) is 4.78. The topological polar surface area (TPSA) is 41.5 Å². The van der Waals surface area contributed by atoms with Gasteiger partial charge in [0.05, 0.1) is 15.8 Å². The van der Waals surface area contributed by atoms with Crippen molar-refractivity contribution in [3.05, 3.63) is 33.8 Å². The molecule has 2 rings (SSSR count). The number of amides is 1. The molecule has 0 unspecified atom stereocenters. The summed E-state index contributed by atoms with van der Waals surface area (Å²) in [4.78, 5) is 11.8. The van der Waals surface area contributed by atoms with Crippen molar-refractivity contribution in [3.8, 4) is 0 Å². The van der Waals surface area contributed by atoms with E-state index in [1.807, 2.05) is 13.0 Å². The predicted octanol–water partition coefficient (Wildman–Crippen LogP) is 4.02. The fraction of sp³-hybridized carbons (Fsp3) is 0.429. The molecule has 0 bridgehead atoms. The summed E-state index contributed by atoms with van der Waals surface area (Å²) in [6, 6.07) is 5.29. The van der Waals surface area contributed by atoms with Gasteiger partial charge in [0.2, 0.25) is 5.91 Å². The van der Waals surface area contributed by atoms with E-state index < -0.39 is 0 Å². The molecule has 0 aliphatic heterocycles. The normalized spacial score (nSPS) is 16.7. The van der Waals surface area contributed by atoms with Crippen molar-refractivity contribution in [1.82, 2.24) is 5.43 Å². The lowest BCUT2D eigenvalue weighted by molar-refractivity contribution is -0.124. The Kier molecular flexibility index (Phi) is 4.83. The van der Waals surface area contributed by atoms with Crippen LogP contribution in [0.3, 0.4) is 0 Å². The van der Waals surface area contributed by atoms with Gasteiger partial charge >= 0.3 is 0 Å². The first-order chi connectivity index (χ1) is 9.08. The third-order valence-electron chi connectivity index (χ3n) is 3.40. The molecule has 0 spiro atoms. The van der Waals surface area contributed by atoms with Crippen molar-refractivity contribution in [1.29, 1.82) is 0 Å². The van der Waals surface area contributed by atoms with E-state index in [1.165, 1.54) is 0 Å². The Balaban J connectivity index is 2.01. The van der Waals surface area contributed by atoms with Crippen LogP contribution in [0.1, 0.15) is 38.2 Å². The van der Waals surface area contributed by atoms with Crippen LogP contribution in [0.4, 0.5) is 0 Å². The molecule has 3 nitrogen and oxygen atoms in total. The maximum atomic E-state index is 11.8. The van der Waals surface area contributed by atoms with Gasteiger partial charge in [-0.2, -0.15) is 5.10 Å². The molecule has 1 fully saturated rings. The number of carbonyl (C=O) groups excluding carboxylic acids is 1. The number of carbonyl (C=O) groups is 1. The van der Waals surface area contributed by atoms with Crippen LogP contribution in [0.5, 0.6) is 0 Å². The van der Waals surface area contributed by atoms with E-state index in [1.54, 1.807) is 12.1 Å². The molecule has 0 saturated heterocycles. The predicted molar refractivity (Wildman–Crippen MR) is 78.8 cm³/mol. The lowest BCUT2D eigenvalue weighted by atomic mass is 10.1. The van der Waals surface area contributed by atoms with Gasteiger partial charge in [-0.25, -0.2) is 5.43 Å². The Morgan fingerprint density at radius 1 is 1.26 bits per heavy atom. The second-order valence-corrected chi connectivity index (χ2v) is 5.60. The van der Waals surface area contributed by atoms with Crippen LogP contribution in [-0.4, -0.2) is 11.6 Å². The zero-order valence-electron chi connectivity index (χ0n) is 10.7. The van der Waals surface area contributed by atoms with Crippen LogP contribution in [0.25, 0.3) is 0 Å². The largest absolute Gasteiger partial charge is 0.273 e. The minimum Gasteiger partial charge on any atom is -0.273 e. The standard InChI is InChI=1S/C14H16Cl2N2O/c1-9(11-6-7-12(15)13(16)8-11)17-18-14(19)10-4-2-3-5-10/h6-8,10H,2-5H2,1H3,(H,18,19)/b17-9-. The van der Waals surface area contributed by atoms with Gasteiger partial charge in [0.1, 0.15) is 0 Å². The quantitative estimate of drug-likeness (QED) is 0.664. The monoisotopic (exact) mass is 298 g/mol. The second kappa shape index (κ2) is 6.40. The molecule has 0 atom stereocenters. The van der Waals surface area contributed by atoms with Gasteiger partial charge in [-0.05, 0) is 37.5 Å². The van der Waals surface area contributed by atoms with Gasteiger partial charge in [0.25, 0.3) is 0 Å². The summed E-state index contributed by atoms with van der Waals surface area (Å²) in [6.45, 7) is 1.83. The van der Waals surface area contributed by atoms with Crippen molar-refractivity contribution in [3.63, 3.8) is 0 Å². The van der Waals surface area contributed by atoms with Gasteiger partial charge in [0, 0.05) is 5.92 Å². The number of nitrogens with zero attached hydrogens (tertiary/aromatic N) is 1. The van der Waals surface area contributed by atoms with Gasteiger partial charge in [0.15, 0.2) is 0 Å². The van der Waals surface area contributed by atoms with Crippen LogP contribution in [-0.2, 0) is 4.79 Å². The lowest BCUT2D eigenvalue weighted by Gasteiger charge is -2.08. The first kappa shape index (κ1) is 14.4. The van der Waals surface area contributed by atoms with E-state index in [0.717, 1.165) is 31.2 Å². The van der Waals surface area contributed by atoms with Crippen molar-refractivity contribution in [2.45, 2.75) is 32.6 Å². The average molecular weight is 299 g/mol. The van der Waals surface area contributed by atoms with Crippen LogP contribution < -0.4 is 5.43 Å². The van der Waals surface area contributed by atoms with Crippen molar-refractivity contribution >= 4 is 34.8 Å². The highest BCUT2D eigenvalue weighted by Gasteiger charge is 2.22. The smallest absolute Gasteiger partial charge is 0.243 e. The first-order valence-corrected chi connectivity index (χ1v) is 7.13. The number of hydrazone groups is 1. The Morgan fingerprint density at radius 3 is 2.58 bits per heavy atom. The molecule has 1 aromatic carbocycles. The van der Waals surface area contributed by atoms with Gasteiger partial charge in [-0.15, -0.1) is 0 Å². The third-order valence-corrected chi connectivity index (χ3v) is 4.14. The van der Waals surface area contributed by atoms with E-state index in [9.17, 15) is 4.79 Å². The average Bonchev–Trinajstić information content (AvgIpc) is 2.92. The summed E-state index contributed by atoms with van der Waals surface area (Å²) in [5.74, 6) is 0.127. The summed E-state index contributed by atoms with van der Waals surface area (Å²) in [6.07, 6.45) is 4.20. The summed E-state index contributed by atoms with van der Waals surface area (Å²) in [5, 5.41) is 5.11. The highest BCUT2D eigenvalue weighted by molar-refractivity contribution is 6.42. The van der Waals surface area contributed by atoms with Gasteiger partial charge < -0.3 is 0 Å². The van der Waals surface area contributed by atoms with Crippen molar-refractivity contribution < 1.29 is 4.79 Å². The third kappa shape index (κ3) is 3.71. The number of halogens is 2. The molecule has 1 N–H and O–H groups in total. The number of nitrogens with one attached hydrogen (secondary N) is 1. The maximum absolute atomic E-state index is 11.8. The maximum Gasteiger partial charge on any atom is 0.243 e. The molecule has 1 aromatic rings.